The van der Waals surface area contributed by atoms with Crippen molar-refractivity contribution in [3.8, 4) is 17.2 Å². The quantitative estimate of drug-likeness (QED) is 0.560. The summed E-state index contributed by atoms with van der Waals surface area (Å²) in [6.45, 7) is 3.81. The van der Waals surface area contributed by atoms with E-state index in [4.69, 9.17) is 14.2 Å². The zero-order chi connectivity index (χ0) is 21.7. The number of rotatable bonds is 8. The number of anilines is 3. The zero-order valence-electron chi connectivity index (χ0n) is 17.4. The fourth-order valence-electron chi connectivity index (χ4n) is 2.85. The van der Waals surface area contributed by atoms with Crippen molar-refractivity contribution >= 4 is 34.0 Å². The minimum absolute atomic E-state index is 0.114. The predicted molar refractivity (Wildman–Crippen MR) is 115 cm³/mol. The Balaban J connectivity index is 1.67. The van der Waals surface area contributed by atoms with Crippen LogP contribution in [0.3, 0.4) is 0 Å². The molecule has 0 atom stereocenters. The van der Waals surface area contributed by atoms with Crippen LogP contribution in [0.25, 0.3) is 0 Å². The molecule has 1 amide bonds. The van der Waals surface area contributed by atoms with Crippen LogP contribution >= 0.6 is 11.3 Å². The Morgan fingerprint density at radius 2 is 1.60 bits per heavy atom. The van der Waals surface area contributed by atoms with Crippen LogP contribution in [0.2, 0.25) is 0 Å². The van der Waals surface area contributed by atoms with Crippen molar-refractivity contribution in [1.29, 1.82) is 0 Å². The number of carbonyl (C=O) groups excluding carboxylic acids is 1. The monoisotopic (exact) mass is 429 g/mol. The Kier molecular flexibility index (Phi) is 6.68. The van der Waals surface area contributed by atoms with E-state index >= 15 is 0 Å². The highest BCUT2D eigenvalue weighted by Crippen LogP contribution is 2.39. The smallest absolute Gasteiger partial charge is 0.230 e. The molecule has 0 aliphatic carbocycles. The van der Waals surface area contributed by atoms with Gasteiger partial charge in [0.2, 0.25) is 17.6 Å². The summed E-state index contributed by atoms with van der Waals surface area (Å²) in [7, 11) is 4.56. The second-order valence-corrected chi connectivity index (χ2v) is 7.24. The molecule has 0 saturated heterocycles. The largest absolute Gasteiger partial charge is 0.493 e. The SMILES string of the molecule is COc1cc(NC(=O)Cc2csc(Nc3nc(C)cc(C)n3)n2)cc(OC)c1OC. The lowest BCUT2D eigenvalue weighted by Crippen LogP contribution is -2.15. The number of ether oxygens (including phenoxy) is 3. The van der Waals surface area contributed by atoms with Gasteiger partial charge in [-0.05, 0) is 19.9 Å². The van der Waals surface area contributed by atoms with Crippen LogP contribution in [0.15, 0.2) is 23.6 Å². The summed E-state index contributed by atoms with van der Waals surface area (Å²) in [6, 6.07) is 5.24. The number of aromatic nitrogens is 3. The summed E-state index contributed by atoms with van der Waals surface area (Å²) in [5, 5.41) is 8.35. The van der Waals surface area contributed by atoms with Gasteiger partial charge in [-0.25, -0.2) is 15.0 Å². The first-order valence-electron chi connectivity index (χ1n) is 9.05. The third kappa shape index (κ3) is 5.15. The first-order valence-corrected chi connectivity index (χ1v) is 9.93. The van der Waals surface area contributed by atoms with E-state index in [0.29, 0.717) is 39.7 Å². The molecule has 0 saturated carbocycles. The number of benzene rings is 1. The molecule has 0 aliphatic heterocycles. The van der Waals surface area contributed by atoms with Crippen LogP contribution in [0, 0.1) is 13.8 Å². The Morgan fingerprint density at radius 1 is 0.967 bits per heavy atom. The van der Waals surface area contributed by atoms with Gasteiger partial charge < -0.3 is 24.8 Å². The standard InChI is InChI=1S/C20H23N5O4S/c1-11-6-12(2)22-19(21-11)25-20-24-14(10-30-20)9-17(26)23-13-7-15(27-3)18(29-5)16(8-13)28-4/h6-8,10H,9H2,1-5H3,(H,23,26)(H,21,22,24,25). The number of nitrogens with one attached hydrogen (secondary N) is 2. The number of amides is 1. The number of hydrogen-bond donors (Lipinski definition) is 2. The topological polar surface area (TPSA) is 107 Å². The molecule has 0 spiro atoms. The molecular formula is C20H23N5O4S. The van der Waals surface area contributed by atoms with E-state index in [0.717, 1.165) is 11.4 Å². The first-order chi connectivity index (χ1) is 14.4. The molecule has 2 heterocycles. The van der Waals surface area contributed by atoms with Crippen molar-refractivity contribution in [2.75, 3.05) is 32.0 Å². The summed E-state index contributed by atoms with van der Waals surface area (Å²) in [6.07, 6.45) is 0.114. The van der Waals surface area contributed by atoms with Gasteiger partial charge in [0.25, 0.3) is 0 Å². The number of nitrogens with zero attached hydrogens (tertiary/aromatic N) is 3. The molecule has 30 heavy (non-hydrogen) atoms. The second-order valence-electron chi connectivity index (χ2n) is 6.38. The molecule has 3 rings (SSSR count). The number of aryl methyl sites for hydroxylation is 2. The number of methoxy groups -OCH3 is 3. The molecule has 2 aromatic heterocycles. The molecule has 0 fully saturated rings. The normalized spacial score (nSPS) is 10.4. The van der Waals surface area contributed by atoms with Crippen LogP contribution < -0.4 is 24.8 Å². The van der Waals surface area contributed by atoms with Gasteiger partial charge in [0.1, 0.15) is 0 Å². The predicted octanol–water partition coefficient (Wildman–Crippen LogP) is 3.50. The van der Waals surface area contributed by atoms with Gasteiger partial charge in [-0.2, -0.15) is 0 Å². The maximum absolute atomic E-state index is 12.5. The van der Waals surface area contributed by atoms with Crippen molar-refractivity contribution < 1.29 is 19.0 Å². The lowest BCUT2D eigenvalue weighted by atomic mass is 10.2. The Labute approximate surface area is 178 Å². The Morgan fingerprint density at radius 3 is 2.17 bits per heavy atom. The van der Waals surface area contributed by atoms with E-state index < -0.39 is 0 Å². The highest BCUT2D eigenvalue weighted by Gasteiger charge is 2.15. The van der Waals surface area contributed by atoms with Gasteiger partial charge in [0, 0.05) is 34.6 Å². The zero-order valence-corrected chi connectivity index (χ0v) is 18.2. The lowest BCUT2D eigenvalue weighted by molar-refractivity contribution is -0.115. The van der Waals surface area contributed by atoms with E-state index in [1.54, 1.807) is 12.1 Å². The molecule has 0 radical (unpaired) electrons. The van der Waals surface area contributed by atoms with Gasteiger partial charge in [0.05, 0.1) is 33.4 Å². The van der Waals surface area contributed by atoms with Crippen molar-refractivity contribution in [1.82, 2.24) is 15.0 Å². The molecule has 1 aromatic carbocycles. The molecule has 3 aromatic rings. The van der Waals surface area contributed by atoms with Crippen LogP contribution in [0.5, 0.6) is 17.2 Å². The molecule has 9 nitrogen and oxygen atoms in total. The van der Waals surface area contributed by atoms with Crippen LogP contribution in [-0.4, -0.2) is 42.2 Å². The first kappa shape index (κ1) is 21.3. The summed E-state index contributed by atoms with van der Waals surface area (Å²) >= 11 is 1.38. The van der Waals surface area contributed by atoms with E-state index in [1.807, 2.05) is 25.3 Å². The average molecular weight is 430 g/mol. The van der Waals surface area contributed by atoms with Gasteiger partial charge >= 0.3 is 0 Å². The number of hydrogen-bond acceptors (Lipinski definition) is 9. The number of carbonyl (C=O) groups is 1. The summed E-state index contributed by atoms with van der Waals surface area (Å²) in [4.78, 5) is 25.6. The molecule has 0 bridgehead atoms. The summed E-state index contributed by atoms with van der Waals surface area (Å²) in [5.41, 5.74) is 2.90. The third-order valence-corrected chi connectivity index (χ3v) is 4.85. The van der Waals surface area contributed by atoms with Crippen molar-refractivity contribution in [3.05, 3.63) is 40.7 Å². The Bertz CT molecular complexity index is 1010. The fourth-order valence-corrected chi connectivity index (χ4v) is 3.55. The number of thiazole rings is 1. The van der Waals surface area contributed by atoms with Gasteiger partial charge in [0.15, 0.2) is 16.6 Å². The van der Waals surface area contributed by atoms with Gasteiger partial charge in [-0.15, -0.1) is 11.3 Å². The fraction of sp³-hybridized carbons (Fsp3) is 0.300. The maximum atomic E-state index is 12.5. The van der Waals surface area contributed by atoms with E-state index in [1.165, 1.54) is 32.7 Å². The van der Waals surface area contributed by atoms with Crippen molar-refractivity contribution in [3.63, 3.8) is 0 Å². The van der Waals surface area contributed by atoms with E-state index in [2.05, 4.69) is 25.6 Å². The third-order valence-electron chi connectivity index (χ3n) is 4.04. The Hall–Kier alpha value is -3.40. The maximum Gasteiger partial charge on any atom is 0.230 e. The van der Waals surface area contributed by atoms with Crippen LogP contribution in [0.4, 0.5) is 16.8 Å². The summed E-state index contributed by atoms with van der Waals surface area (Å²) in [5.74, 6) is 1.64. The highest BCUT2D eigenvalue weighted by atomic mass is 32.1. The minimum atomic E-state index is -0.219. The van der Waals surface area contributed by atoms with Crippen molar-refractivity contribution in [2.24, 2.45) is 0 Å². The van der Waals surface area contributed by atoms with Crippen molar-refractivity contribution in [2.45, 2.75) is 20.3 Å². The van der Waals surface area contributed by atoms with E-state index in [9.17, 15) is 4.79 Å². The average Bonchev–Trinajstić information content (AvgIpc) is 3.12. The molecule has 2 N–H and O–H groups in total. The summed E-state index contributed by atoms with van der Waals surface area (Å²) < 4.78 is 15.9. The second kappa shape index (κ2) is 9.40. The highest BCUT2D eigenvalue weighted by molar-refractivity contribution is 7.13. The van der Waals surface area contributed by atoms with Gasteiger partial charge in [-0.3, -0.25) is 4.79 Å². The molecule has 158 valence electrons. The van der Waals surface area contributed by atoms with E-state index in [-0.39, 0.29) is 12.3 Å². The van der Waals surface area contributed by atoms with Gasteiger partial charge in [-0.1, -0.05) is 0 Å². The molecular weight excluding hydrogens is 406 g/mol. The molecule has 0 unspecified atom stereocenters. The lowest BCUT2D eigenvalue weighted by Gasteiger charge is -2.14. The van der Waals surface area contributed by atoms with Crippen LogP contribution in [0.1, 0.15) is 17.1 Å². The molecule has 0 aliphatic rings. The van der Waals surface area contributed by atoms with Crippen LogP contribution in [-0.2, 0) is 11.2 Å². The molecule has 10 heteroatoms. The minimum Gasteiger partial charge on any atom is -0.493 e.